The summed E-state index contributed by atoms with van der Waals surface area (Å²) in [7, 11) is 0. The Morgan fingerprint density at radius 1 is 1.42 bits per heavy atom. The average molecular weight is 163 g/mol. The Morgan fingerprint density at radius 2 is 2.17 bits per heavy atom. The van der Waals surface area contributed by atoms with E-state index in [2.05, 4.69) is 24.9 Å². The smallest absolute Gasteiger partial charge is 0.217 e. The fourth-order valence-electron chi connectivity index (χ4n) is 1.48. The highest BCUT2D eigenvalue weighted by atomic mass is 16.5. The second-order valence-electron chi connectivity index (χ2n) is 3.98. The zero-order valence-corrected chi connectivity index (χ0v) is 7.72. The Kier molecular flexibility index (Phi) is 1.40. The van der Waals surface area contributed by atoms with E-state index in [0.717, 1.165) is 18.2 Å². The number of hydrogen-bond acceptors (Lipinski definition) is 2. The van der Waals surface area contributed by atoms with E-state index in [1.54, 1.807) is 0 Å². The fraction of sp³-hybridized carbons (Fsp3) is 0.500. The molecule has 0 bridgehead atoms. The van der Waals surface area contributed by atoms with E-state index in [4.69, 9.17) is 4.74 Å². The Morgan fingerprint density at radius 3 is 2.92 bits per heavy atom. The van der Waals surface area contributed by atoms with Gasteiger partial charge in [0, 0.05) is 16.7 Å². The SMILES string of the molecule is Cc1ccc2c(n1)OCC2(C)C. The monoisotopic (exact) mass is 163 g/mol. The predicted molar refractivity (Wildman–Crippen MR) is 47.5 cm³/mol. The zero-order chi connectivity index (χ0) is 8.77. The number of nitrogens with zero attached hydrogens (tertiary/aromatic N) is 1. The van der Waals surface area contributed by atoms with Crippen LogP contribution in [-0.2, 0) is 5.41 Å². The summed E-state index contributed by atoms with van der Waals surface area (Å²) in [5, 5.41) is 0. The number of hydrogen-bond donors (Lipinski definition) is 0. The van der Waals surface area contributed by atoms with Crippen LogP contribution in [0.5, 0.6) is 5.88 Å². The maximum absolute atomic E-state index is 5.48. The third-order valence-corrected chi connectivity index (χ3v) is 2.30. The van der Waals surface area contributed by atoms with Crippen LogP contribution in [0.3, 0.4) is 0 Å². The summed E-state index contributed by atoms with van der Waals surface area (Å²) < 4.78 is 5.48. The summed E-state index contributed by atoms with van der Waals surface area (Å²) in [6, 6.07) is 4.15. The highest BCUT2D eigenvalue weighted by Crippen LogP contribution is 2.36. The molecule has 2 heterocycles. The van der Waals surface area contributed by atoms with Gasteiger partial charge >= 0.3 is 0 Å². The first-order chi connectivity index (χ1) is 5.59. The molecule has 0 aliphatic carbocycles. The molecule has 0 saturated heterocycles. The molecule has 2 rings (SSSR count). The van der Waals surface area contributed by atoms with Crippen molar-refractivity contribution in [3.8, 4) is 5.88 Å². The van der Waals surface area contributed by atoms with Crippen molar-refractivity contribution in [3.63, 3.8) is 0 Å². The topological polar surface area (TPSA) is 22.1 Å². The fourth-order valence-corrected chi connectivity index (χ4v) is 1.48. The number of rotatable bonds is 0. The summed E-state index contributed by atoms with van der Waals surface area (Å²) in [4.78, 5) is 4.33. The van der Waals surface area contributed by atoms with E-state index in [9.17, 15) is 0 Å². The second kappa shape index (κ2) is 2.22. The molecule has 64 valence electrons. The van der Waals surface area contributed by atoms with Gasteiger partial charge in [0.05, 0.1) is 6.61 Å². The van der Waals surface area contributed by atoms with Gasteiger partial charge in [0.1, 0.15) is 0 Å². The van der Waals surface area contributed by atoms with Crippen LogP contribution in [0, 0.1) is 6.92 Å². The molecule has 2 nitrogen and oxygen atoms in total. The van der Waals surface area contributed by atoms with Gasteiger partial charge in [-0.3, -0.25) is 0 Å². The zero-order valence-electron chi connectivity index (χ0n) is 7.72. The normalized spacial score (nSPS) is 18.6. The summed E-state index contributed by atoms with van der Waals surface area (Å²) in [5.41, 5.74) is 2.38. The van der Waals surface area contributed by atoms with Crippen molar-refractivity contribution in [1.82, 2.24) is 4.98 Å². The van der Waals surface area contributed by atoms with Gasteiger partial charge in [0.2, 0.25) is 5.88 Å². The first kappa shape index (κ1) is 7.59. The van der Waals surface area contributed by atoms with Crippen molar-refractivity contribution in [2.24, 2.45) is 0 Å². The standard InChI is InChI=1S/C10H13NO/c1-7-4-5-8-9(11-7)12-6-10(8,2)3/h4-5H,6H2,1-3H3. The van der Waals surface area contributed by atoms with Crippen LogP contribution in [0.15, 0.2) is 12.1 Å². The van der Waals surface area contributed by atoms with Crippen molar-refractivity contribution in [2.45, 2.75) is 26.2 Å². The summed E-state index contributed by atoms with van der Waals surface area (Å²) in [5.74, 6) is 0.819. The minimum Gasteiger partial charge on any atom is -0.477 e. The second-order valence-corrected chi connectivity index (χ2v) is 3.98. The maximum Gasteiger partial charge on any atom is 0.217 e. The molecule has 0 saturated carbocycles. The van der Waals surface area contributed by atoms with Gasteiger partial charge in [0.25, 0.3) is 0 Å². The molecule has 2 heteroatoms. The van der Waals surface area contributed by atoms with Crippen molar-refractivity contribution < 1.29 is 4.74 Å². The van der Waals surface area contributed by atoms with Crippen LogP contribution < -0.4 is 4.74 Å². The Labute approximate surface area is 72.6 Å². The van der Waals surface area contributed by atoms with Gasteiger partial charge in [0.15, 0.2) is 0 Å². The molecule has 1 aromatic rings. The van der Waals surface area contributed by atoms with E-state index in [1.807, 2.05) is 13.0 Å². The highest BCUT2D eigenvalue weighted by Gasteiger charge is 2.32. The van der Waals surface area contributed by atoms with E-state index in [1.165, 1.54) is 5.56 Å². The molecule has 0 N–H and O–H groups in total. The van der Waals surface area contributed by atoms with Crippen molar-refractivity contribution in [3.05, 3.63) is 23.4 Å². The molecule has 0 spiro atoms. The van der Waals surface area contributed by atoms with Gasteiger partial charge in [-0.05, 0) is 13.0 Å². The summed E-state index contributed by atoms with van der Waals surface area (Å²) in [6.07, 6.45) is 0. The Bertz CT molecular complexity index is 318. The third kappa shape index (κ3) is 0.986. The Hall–Kier alpha value is -1.05. The van der Waals surface area contributed by atoms with Crippen LogP contribution in [0.2, 0.25) is 0 Å². The van der Waals surface area contributed by atoms with Crippen molar-refractivity contribution in [2.75, 3.05) is 6.61 Å². The number of aromatic nitrogens is 1. The van der Waals surface area contributed by atoms with E-state index in [-0.39, 0.29) is 5.41 Å². The van der Waals surface area contributed by atoms with Crippen LogP contribution in [0.1, 0.15) is 25.1 Å². The molecular formula is C10H13NO. The molecule has 0 amide bonds. The van der Waals surface area contributed by atoms with Crippen molar-refractivity contribution >= 4 is 0 Å². The lowest BCUT2D eigenvalue weighted by molar-refractivity contribution is 0.284. The lowest BCUT2D eigenvalue weighted by Gasteiger charge is -2.13. The molecule has 12 heavy (non-hydrogen) atoms. The summed E-state index contributed by atoms with van der Waals surface area (Å²) in [6.45, 7) is 7.08. The lowest BCUT2D eigenvalue weighted by atomic mass is 9.88. The van der Waals surface area contributed by atoms with Crippen molar-refractivity contribution in [1.29, 1.82) is 0 Å². The number of aryl methyl sites for hydroxylation is 1. The predicted octanol–water partition coefficient (Wildman–Crippen LogP) is 2.06. The minimum atomic E-state index is 0.135. The maximum atomic E-state index is 5.48. The molecule has 0 unspecified atom stereocenters. The molecule has 0 fully saturated rings. The molecule has 0 radical (unpaired) electrons. The van der Waals surface area contributed by atoms with Gasteiger partial charge in [-0.15, -0.1) is 0 Å². The molecule has 1 aliphatic heterocycles. The molecular weight excluding hydrogens is 150 g/mol. The average Bonchev–Trinajstić information content (AvgIpc) is 2.27. The van der Waals surface area contributed by atoms with E-state index in [0.29, 0.717) is 0 Å². The lowest BCUT2D eigenvalue weighted by Crippen LogP contribution is -2.18. The van der Waals surface area contributed by atoms with Gasteiger partial charge in [-0.25, -0.2) is 4.98 Å². The minimum absolute atomic E-state index is 0.135. The molecule has 1 aromatic heterocycles. The number of fused-ring (bicyclic) bond motifs is 1. The first-order valence-electron chi connectivity index (χ1n) is 4.20. The van der Waals surface area contributed by atoms with Crippen LogP contribution in [0.25, 0.3) is 0 Å². The number of pyridine rings is 1. The van der Waals surface area contributed by atoms with Gasteiger partial charge in [-0.1, -0.05) is 19.9 Å². The van der Waals surface area contributed by atoms with Crippen LogP contribution in [0.4, 0.5) is 0 Å². The Balaban J connectivity index is 2.55. The van der Waals surface area contributed by atoms with Crippen LogP contribution >= 0.6 is 0 Å². The quantitative estimate of drug-likeness (QED) is 0.584. The first-order valence-corrected chi connectivity index (χ1v) is 4.20. The molecule has 1 aliphatic rings. The van der Waals surface area contributed by atoms with Crippen LogP contribution in [-0.4, -0.2) is 11.6 Å². The largest absolute Gasteiger partial charge is 0.477 e. The number of ether oxygens (including phenoxy) is 1. The molecule has 0 atom stereocenters. The van der Waals surface area contributed by atoms with E-state index < -0.39 is 0 Å². The van der Waals surface area contributed by atoms with Gasteiger partial charge in [-0.2, -0.15) is 0 Å². The summed E-state index contributed by atoms with van der Waals surface area (Å²) >= 11 is 0. The highest BCUT2D eigenvalue weighted by molar-refractivity contribution is 5.38. The van der Waals surface area contributed by atoms with E-state index >= 15 is 0 Å². The van der Waals surface area contributed by atoms with Gasteiger partial charge < -0.3 is 4.74 Å². The molecule has 0 aromatic carbocycles. The third-order valence-electron chi connectivity index (χ3n) is 2.30.